The molecule has 0 aliphatic carbocycles. The molecule has 2 aromatic carbocycles. The molecule has 0 amide bonds. The van der Waals surface area contributed by atoms with E-state index in [1.165, 1.54) is 15.8 Å². The van der Waals surface area contributed by atoms with Crippen molar-refractivity contribution in [2.75, 3.05) is 18.0 Å². The first-order valence-corrected chi connectivity index (χ1v) is 11.0. The van der Waals surface area contributed by atoms with Gasteiger partial charge in [-0.15, -0.1) is 0 Å². The fourth-order valence-electron chi connectivity index (χ4n) is 4.72. The van der Waals surface area contributed by atoms with Gasteiger partial charge in [-0.05, 0) is 55.9 Å². The fraction of sp³-hybridized carbons (Fsp3) is 0.435. The van der Waals surface area contributed by atoms with Crippen LogP contribution in [0.15, 0.2) is 42.5 Å². The van der Waals surface area contributed by atoms with Crippen LogP contribution in [-0.2, 0) is 6.42 Å². The second-order valence-electron chi connectivity index (χ2n) is 8.47. The first kappa shape index (κ1) is 18.0. The number of anilines is 1. The summed E-state index contributed by atoms with van der Waals surface area (Å²) in [5.41, 5.74) is 10.2. The van der Waals surface area contributed by atoms with Crippen LogP contribution in [0.3, 0.4) is 0 Å². The summed E-state index contributed by atoms with van der Waals surface area (Å²) in [6.07, 6.45) is 3.14. The van der Waals surface area contributed by atoms with Crippen LogP contribution in [0.4, 0.5) is 5.13 Å². The van der Waals surface area contributed by atoms with Gasteiger partial charge in [0.1, 0.15) is 11.9 Å². The number of fused-ring (bicyclic) bond motifs is 2. The second-order valence-corrected chi connectivity index (χ2v) is 9.47. The van der Waals surface area contributed by atoms with Gasteiger partial charge in [-0.1, -0.05) is 41.7 Å². The van der Waals surface area contributed by atoms with Gasteiger partial charge in [-0.2, -0.15) is 0 Å². The van der Waals surface area contributed by atoms with Crippen molar-refractivity contribution in [3.63, 3.8) is 0 Å². The van der Waals surface area contributed by atoms with E-state index in [9.17, 15) is 0 Å². The Morgan fingerprint density at radius 1 is 1.14 bits per heavy atom. The van der Waals surface area contributed by atoms with Crippen LogP contribution in [0.5, 0.6) is 5.75 Å². The van der Waals surface area contributed by atoms with Crippen LogP contribution < -0.4 is 15.4 Å². The lowest BCUT2D eigenvalue weighted by molar-refractivity contribution is 0.0838. The van der Waals surface area contributed by atoms with Gasteiger partial charge in [0.2, 0.25) is 0 Å². The Hall–Kier alpha value is -2.11. The maximum atomic E-state index is 6.92. The minimum atomic E-state index is -0.328. The predicted octanol–water partition coefficient (Wildman–Crippen LogP) is 4.54. The van der Waals surface area contributed by atoms with Gasteiger partial charge < -0.3 is 15.4 Å². The number of rotatable bonds is 3. The second kappa shape index (κ2) is 6.75. The zero-order valence-electron chi connectivity index (χ0n) is 16.5. The highest BCUT2D eigenvalue weighted by Crippen LogP contribution is 2.40. The Bertz CT molecular complexity index is 971. The number of piperidine rings is 1. The lowest BCUT2D eigenvalue weighted by Crippen LogP contribution is -2.58. The molecule has 1 aromatic heterocycles. The molecule has 0 radical (unpaired) electrons. The van der Waals surface area contributed by atoms with Gasteiger partial charge >= 0.3 is 0 Å². The van der Waals surface area contributed by atoms with E-state index in [4.69, 9.17) is 15.5 Å². The quantitative estimate of drug-likeness (QED) is 0.710. The monoisotopic (exact) mass is 393 g/mol. The highest BCUT2D eigenvalue weighted by molar-refractivity contribution is 7.22. The number of para-hydroxylation sites is 2. The first-order chi connectivity index (χ1) is 13.5. The van der Waals surface area contributed by atoms with E-state index in [0.717, 1.165) is 48.7 Å². The van der Waals surface area contributed by atoms with Gasteiger partial charge in [-0.25, -0.2) is 4.98 Å². The fourth-order valence-corrected chi connectivity index (χ4v) is 5.74. The summed E-state index contributed by atoms with van der Waals surface area (Å²) in [7, 11) is 0. The van der Waals surface area contributed by atoms with Crippen LogP contribution in [0.25, 0.3) is 10.2 Å². The number of aromatic nitrogens is 1. The lowest BCUT2D eigenvalue weighted by atomic mass is 9.75. The number of thiazole rings is 1. The SMILES string of the molecule is Cc1cccc2c1OC(C(C)(N)C1CCN(c3nc4ccccc4s3)CC1)C2. The molecule has 5 rings (SSSR count). The maximum absolute atomic E-state index is 6.92. The predicted molar refractivity (Wildman–Crippen MR) is 116 cm³/mol. The van der Waals surface area contributed by atoms with Crippen molar-refractivity contribution < 1.29 is 4.74 Å². The summed E-state index contributed by atoms with van der Waals surface area (Å²) in [6.45, 7) is 6.33. The smallest absolute Gasteiger partial charge is 0.186 e. The van der Waals surface area contributed by atoms with E-state index in [-0.39, 0.29) is 11.6 Å². The number of aryl methyl sites for hydroxylation is 1. The van der Waals surface area contributed by atoms with Crippen molar-refractivity contribution in [3.05, 3.63) is 53.6 Å². The van der Waals surface area contributed by atoms with Gasteiger partial charge in [0, 0.05) is 19.5 Å². The van der Waals surface area contributed by atoms with Crippen molar-refractivity contribution in [1.29, 1.82) is 0 Å². The average Bonchev–Trinajstić information content (AvgIpc) is 3.33. The molecule has 3 aromatic rings. The molecule has 0 bridgehead atoms. The summed E-state index contributed by atoms with van der Waals surface area (Å²) in [6, 6.07) is 14.8. The Kier molecular flexibility index (Phi) is 4.33. The summed E-state index contributed by atoms with van der Waals surface area (Å²) in [5, 5.41) is 1.14. The molecule has 1 fully saturated rings. The molecule has 2 aliphatic rings. The van der Waals surface area contributed by atoms with Crippen molar-refractivity contribution in [2.24, 2.45) is 11.7 Å². The maximum Gasteiger partial charge on any atom is 0.186 e. The minimum Gasteiger partial charge on any atom is -0.488 e. The molecule has 5 heteroatoms. The highest BCUT2D eigenvalue weighted by Gasteiger charge is 2.44. The van der Waals surface area contributed by atoms with E-state index < -0.39 is 0 Å². The molecule has 2 atom stereocenters. The van der Waals surface area contributed by atoms with Gasteiger partial charge in [0.05, 0.1) is 15.8 Å². The van der Waals surface area contributed by atoms with Gasteiger partial charge in [0.15, 0.2) is 5.13 Å². The Balaban J connectivity index is 1.28. The van der Waals surface area contributed by atoms with Crippen LogP contribution in [0.2, 0.25) is 0 Å². The van der Waals surface area contributed by atoms with Crippen LogP contribution in [0, 0.1) is 12.8 Å². The Morgan fingerprint density at radius 2 is 1.93 bits per heavy atom. The number of nitrogens with two attached hydrogens (primary N) is 1. The average molecular weight is 394 g/mol. The van der Waals surface area contributed by atoms with E-state index >= 15 is 0 Å². The number of nitrogens with zero attached hydrogens (tertiary/aromatic N) is 2. The molecule has 0 saturated carbocycles. The summed E-state index contributed by atoms with van der Waals surface area (Å²) >= 11 is 1.79. The standard InChI is InChI=1S/C23H27N3OS/c1-15-6-5-7-16-14-20(27-21(15)16)23(2,24)17-10-12-26(13-11-17)22-25-18-8-3-4-9-19(18)28-22/h3-9,17,20H,10-14,24H2,1-2H3. The van der Waals surface area contributed by atoms with E-state index in [2.05, 4.69) is 61.2 Å². The van der Waals surface area contributed by atoms with E-state index in [1.54, 1.807) is 11.3 Å². The van der Waals surface area contributed by atoms with Crippen LogP contribution >= 0.6 is 11.3 Å². The van der Waals surface area contributed by atoms with Crippen molar-refractivity contribution in [1.82, 2.24) is 4.98 Å². The van der Waals surface area contributed by atoms with Crippen molar-refractivity contribution in [2.45, 2.75) is 44.8 Å². The largest absolute Gasteiger partial charge is 0.488 e. The van der Waals surface area contributed by atoms with E-state index in [0.29, 0.717) is 5.92 Å². The lowest BCUT2D eigenvalue weighted by Gasteiger charge is -2.43. The van der Waals surface area contributed by atoms with Crippen molar-refractivity contribution in [3.8, 4) is 5.75 Å². The summed E-state index contributed by atoms with van der Waals surface area (Å²) in [5.74, 6) is 1.51. The van der Waals surface area contributed by atoms with E-state index in [1.807, 2.05) is 0 Å². The highest BCUT2D eigenvalue weighted by atomic mass is 32.1. The zero-order chi connectivity index (χ0) is 19.3. The molecular weight excluding hydrogens is 366 g/mol. The normalized spacial score (nSPS) is 22.1. The Morgan fingerprint density at radius 3 is 2.68 bits per heavy atom. The third-order valence-corrected chi connectivity index (χ3v) is 7.68. The number of hydrogen-bond acceptors (Lipinski definition) is 5. The van der Waals surface area contributed by atoms with Crippen LogP contribution in [-0.4, -0.2) is 29.7 Å². The number of benzene rings is 2. The summed E-state index contributed by atoms with van der Waals surface area (Å²) in [4.78, 5) is 7.25. The number of hydrogen-bond donors (Lipinski definition) is 1. The molecule has 3 heterocycles. The topological polar surface area (TPSA) is 51.4 Å². The molecule has 146 valence electrons. The van der Waals surface area contributed by atoms with Gasteiger partial charge in [-0.3, -0.25) is 0 Å². The third-order valence-electron chi connectivity index (χ3n) is 6.58. The first-order valence-electron chi connectivity index (χ1n) is 10.2. The Labute approximate surface area is 170 Å². The molecular formula is C23H27N3OS. The van der Waals surface area contributed by atoms with Crippen molar-refractivity contribution >= 4 is 26.7 Å². The third kappa shape index (κ3) is 2.97. The molecule has 2 unspecified atom stereocenters. The van der Waals surface area contributed by atoms with Gasteiger partial charge in [0.25, 0.3) is 0 Å². The minimum absolute atomic E-state index is 0.0580. The number of ether oxygens (including phenoxy) is 1. The zero-order valence-corrected chi connectivity index (χ0v) is 17.3. The molecule has 1 saturated heterocycles. The van der Waals surface area contributed by atoms with Crippen LogP contribution in [0.1, 0.15) is 30.9 Å². The molecule has 2 aliphatic heterocycles. The summed E-state index contributed by atoms with van der Waals surface area (Å²) < 4.78 is 7.62. The molecule has 28 heavy (non-hydrogen) atoms. The molecule has 2 N–H and O–H groups in total. The molecule has 0 spiro atoms. The molecule has 4 nitrogen and oxygen atoms in total.